The van der Waals surface area contributed by atoms with Gasteiger partial charge in [-0.05, 0) is 25.1 Å². The normalized spacial score (nSPS) is 15.2. The zero-order valence-corrected chi connectivity index (χ0v) is 12.7. The fraction of sp³-hybridized carbons (Fsp3) is 0.467. The fourth-order valence-corrected chi connectivity index (χ4v) is 2.51. The van der Waals surface area contributed by atoms with Crippen molar-refractivity contribution in [2.24, 2.45) is 0 Å². The summed E-state index contributed by atoms with van der Waals surface area (Å²) in [6.45, 7) is 4.04. The Morgan fingerprint density at radius 2 is 1.86 bits per heavy atom. The van der Waals surface area contributed by atoms with Gasteiger partial charge >= 0.3 is 0 Å². The van der Waals surface area contributed by atoms with Crippen molar-refractivity contribution >= 4 is 29.0 Å². The number of hydrogen-bond donors (Lipinski definition) is 0. The van der Waals surface area contributed by atoms with Crippen LogP contribution >= 0.6 is 11.6 Å². The number of anilines is 1. The summed E-state index contributed by atoms with van der Waals surface area (Å²) in [7, 11) is 0. The standard InChI is InChI=1S/C15H18ClFN2O2/c1-11(20)2-5-15(21)19-8-6-18(7-9-19)12-3-4-14(17)13(16)10-12/h3-4,10H,2,5-9H2,1H3. The highest BCUT2D eigenvalue weighted by molar-refractivity contribution is 6.31. The first kappa shape index (κ1) is 15.8. The molecule has 1 aliphatic rings. The molecule has 0 aliphatic carbocycles. The number of carbonyl (C=O) groups excluding carboxylic acids is 2. The lowest BCUT2D eigenvalue weighted by atomic mass is 10.2. The molecule has 114 valence electrons. The second-order valence-corrected chi connectivity index (χ2v) is 5.58. The first-order valence-electron chi connectivity index (χ1n) is 6.94. The second kappa shape index (κ2) is 6.89. The van der Waals surface area contributed by atoms with Crippen LogP contribution in [0.4, 0.5) is 10.1 Å². The van der Waals surface area contributed by atoms with Crippen LogP contribution in [0.15, 0.2) is 18.2 Å². The molecule has 0 radical (unpaired) electrons. The van der Waals surface area contributed by atoms with Crippen LogP contribution in [0.25, 0.3) is 0 Å². The second-order valence-electron chi connectivity index (χ2n) is 5.17. The molecule has 1 aromatic carbocycles. The molecule has 0 unspecified atom stereocenters. The number of amides is 1. The van der Waals surface area contributed by atoms with E-state index in [0.717, 1.165) is 5.69 Å². The van der Waals surface area contributed by atoms with Crippen molar-refractivity contribution in [3.05, 3.63) is 29.0 Å². The molecule has 0 atom stereocenters. The van der Waals surface area contributed by atoms with E-state index in [9.17, 15) is 14.0 Å². The molecule has 1 heterocycles. The molecule has 1 aromatic rings. The van der Waals surface area contributed by atoms with Crippen LogP contribution in [0.3, 0.4) is 0 Å². The highest BCUT2D eigenvalue weighted by Crippen LogP contribution is 2.23. The van der Waals surface area contributed by atoms with E-state index in [0.29, 0.717) is 32.6 Å². The van der Waals surface area contributed by atoms with Crippen LogP contribution in [0, 0.1) is 5.82 Å². The molecule has 0 saturated carbocycles. The summed E-state index contributed by atoms with van der Waals surface area (Å²) < 4.78 is 13.2. The van der Waals surface area contributed by atoms with Crippen LogP contribution < -0.4 is 4.90 Å². The topological polar surface area (TPSA) is 40.6 Å². The Hall–Kier alpha value is -1.62. The molecule has 1 saturated heterocycles. The molecule has 0 aromatic heterocycles. The van der Waals surface area contributed by atoms with Gasteiger partial charge in [0.2, 0.25) is 5.91 Å². The zero-order chi connectivity index (χ0) is 15.4. The molecule has 1 aliphatic heterocycles. The predicted molar refractivity (Wildman–Crippen MR) is 80.1 cm³/mol. The number of rotatable bonds is 4. The van der Waals surface area contributed by atoms with Crippen molar-refractivity contribution in [3.8, 4) is 0 Å². The molecule has 4 nitrogen and oxygen atoms in total. The maximum atomic E-state index is 13.2. The molecule has 1 amide bonds. The van der Waals surface area contributed by atoms with E-state index >= 15 is 0 Å². The van der Waals surface area contributed by atoms with Crippen molar-refractivity contribution in [1.82, 2.24) is 4.90 Å². The highest BCUT2D eigenvalue weighted by Gasteiger charge is 2.21. The summed E-state index contributed by atoms with van der Waals surface area (Å²) in [4.78, 5) is 26.7. The molecule has 6 heteroatoms. The van der Waals surface area contributed by atoms with Crippen molar-refractivity contribution in [3.63, 3.8) is 0 Å². The number of nitrogens with zero attached hydrogens (tertiary/aromatic N) is 2. The fourth-order valence-electron chi connectivity index (χ4n) is 2.34. The van der Waals surface area contributed by atoms with Crippen molar-refractivity contribution in [1.29, 1.82) is 0 Å². The lowest BCUT2D eigenvalue weighted by Crippen LogP contribution is -2.48. The van der Waals surface area contributed by atoms with E-state index in [1.165, 1.54) is 13.0 Å². The number of hydrogen-bond acceptors (Lipinski definition) is 3. The van der Waals surface area contributed by atoms with E-state index in [-0.39, 0.29) is 23.1 Å². The number of Topliss-reactive ketones (excluding diaryl/α,β-unsaturated/α-hetero) is 1. The average molecular weight is 313 g/mol. The zero-order valence-electron chi connectivity index (χ0n) is 11.9. The third kappa shape index (κ3) is 4.17. The van der Waals surface area contributed by atoms with Gasteiger partial charge in [-0.3, -0.25) is 4.79 Å². The highest BCUT2D eigenvalue weighted by atomic mass is 35.5. The summed E-state index contributed by atoms with van der Waals surface area (Å²) in [5, 5.41) is 0.104. The first-order chi connectivity index (χ1) is 9.97. The van der Waals surface area contributed by atoms with Gasteiger partial charge in [0, 0.05) is 44.7 Å². The summed E-state index contributed by atoms with van der Waals surface area (Å²) in [5.74, 6) is -0.386. The summed E-state index contributed by atoms with van der Waals surface area (Å²) in [6, 6.07) is 4.64. The van der Waals surface area contributed by atoms with Crippen molar-refractivity contribution in [2.75, 3.05) is 31.1 Å². The number of ketones is 1. The van der Waals surface area contributed by atoms with Gasteiger partial charge in [-0.2, -0.15) is 0 Å². The van der Waals surface area contributed by atoms with E-state index in [4.69, 9.17) is 11.6 Å². The van der Waals surface area contributed by atoms with Crippen LogP contribution in [-0.2, 0) is 9.59 Å². The molecular formula is C15H18ClFN2O2. The molecule has 0 spiro atoms. The SMILES string of the molecule is CC(=O)CCC(=O)N1CCN(c2ccc(F)c(Cl)c2)CC1. The lowest BCUT2D eigenvalue weighted by molar-refractivity contribution is -0.133. The Kier molecular flexibility index (Phi) is 5.17. The lowest BCUT2D eigenvalue weighted by Gasteiger charge is -2.36. The maximum Gasteiger partial charge on any atom is 0.223 e. The van der Waals surface area contributed by atoms with Crippen molar-refractivity contribution < 1.29 is 14.0 Å². The molecule has 2 rings (SSSR count). The number of carbonyl (C=O) groups is 2. The van der Waals surface area contributed by atoms with Crippen LogP contribution in [0.1, 0.15) is 19.8 Å². The molecule has 0 bridgehead atoms. The van der Waals surface area contributed by atoms with E-state index in [1.54, 1.807) is 17.0 Å². The monoisotopic (exact) mass is 312 g/mol. The van der Waals surface area contributed by atoms with Gasteiger partial charge in [0.25, 0.3) is 0 Å². The summed E-state index contributed by atoms with van der Waals surface area (Å²) in [5.41, 5.74) is 0.859. The van der Waals surface area contributed by atoms with Gasteiger partial charge in [0.15, 0.2) is 0 Å². The minimum Gasteiger partial charge on any atom is -0.368 e. The number of benzene rings is 1. The minimum absolute atomic E-state index is 0.0157. The number of piperazine rings is 1. The Balaban J connectivity index is 1.89. The van der Waals surface area contributed by atoms with Gasteiger partial charge in [-0.1, -0.05) is 11.6 Å². The Labute approximate surface area is 128 Å². The molecule has 21 heavy (non-hydrogen) atoms. The summed E-state index contributed by atoms with van der Waals surface area (Å²) >= 11 is 5.78. The van der Waals surface area contributed by atoms with Gasteiger partial charge in [0.1, 0.15) is 11.6 Å². The Morgan fingerprint density at radius 3 is 2.43 bits per heavy atom. The van der Waals surface area contributed by atoms with E-state index < -0.39 is 5.82 Å². The van der Waals surface area contributed by atoms with Gasteiger partial charge in [-0.25, -0.2) is 4.39 Å². The third-order valence-electron chi connectivity index (χ3n) is 3.59. The van der Waals surface area contributed by atoms with Crippen molar-refractivity contribution in [2.45, 2.75) is 19.8 Å². The van der Waals surface area contributed by atoms with E-state index in [1.807, 2.05) is 0 Å². The molecule has 0 N–H and O–H groups in total. The molecule has 1 fully saturated rings. The van der Waals surface area contributed by atoms with Crippen LogP contribution in [-0.4, -0.2) is 42.8 Å². The smallest absolute Gasteiger partial charge is 0.223 e. The largest absolute Gasteiger partial charge is 0.368 e. The Morgan fingerprint density at radius 1 is 1.19 bits per heavy atom. The predicted octanol–water partition coefficient (Wildman–Crippen LogP) is 2.50. The van der Waals surface area contributed by atoms with Crippen LogP contribution in [0.5, 0.6) is 0 Å². The number of halogens is 2. The quantitative estimate of drug-likeness (QED) is 0.857. The average Bonchev–Trinajstić information content (AvgIpc) is 2.48. The third-order valence-corrected chi connectivity index (χ3v) is 3.88. The Bertz CT molecular complexity index is 542. The first-order valence-corrected chi connectivity index (χ1v) is 7.32. The van der Waals surface area contributed by atoms with E-state index in [2.05, 4.69) is 4.90 Å². The summed E-state index contributed by atoms with van der Waals surface area (Å²) in [6.07, 6.45) is 0.574. The maximum absolute atomic E-state index is 13.2. The molecular weight excluding hydrogens is 295 g/mol. The van der Waals surface area contributed by atoms with Gasteiger partial charge in [0.05, 0.1) is 5.02 Å². The van der Waals surface area contributed by atoms with Crippen LogP contribution in [0.2, 0.25) is 5.02 Å². The van der Waals surface area contributed by atoms with Gasteiger partial charge < -0.3 is 14.6 Å². The minimum atomic E-state index is -0.432. The van der Waals surface area contributed by atoms with Gasteiger partial charge in [-0.15, -0.1) is 0 Å².